The number of fused-ring (bicyclic) bond motifs is 1. The molecule has 0 spiro atoms. The second-order valence-electron chi connectivity index (χ2n) is 8.01. The van der Waals surface area contributed by atoms with E-state index in [1.165, 1.54) is 6.20 Å². The van der Waals surface area contributed by atoms with Crippen molar-refractivity contribution in [1.82, 2.24) is 39.2 Å². The molecule has 5 heterocycles. The SMILES string of the molecule is Cc1cccc(CN2C(=O)c3nc(-c4nc(Nc5ccnn5C)ncc4Cl)cn3C[C@@H]2C)n1. The van der Waals surface area contributed by atoms with Crippen molar-refractivity contribution in [3.8, 4) is 11.4 Å². The first-order valence-corrected chi connectivity index (χ1v) is 10.9. The van der Waals surface area contributed by atoms with Crippen molar-refractivity contribution in [3.05, 3.63) is 65.1 Å². The Balaban J connectivity index is 1.44. The van der Waals surface area contributed by atoms with Crippen LogP contribution in [-0.4, -0.2) is 51.1 Å². The minimum absolute atomic E-state index is 0.0164. The van der Waals surface area contributed by atoms with Gasteiger partial charge in [0, 0.05) is 37.6 Å². The maximum atomic E-state index is 13.3. The van der Waals surface area contributed by atoms with E-state index in [2.05, 4.69) is 30.4 Å². The molecule has 0 unspecified atom stereocenters. The molecule has 0 radical (unpaired) electrons. The third-order valence-corrected chi connectivity index (χ3v) is 5.82. The minimum Gasteiger partial charge on any atom is -0.326 e. The Morgan fingerprint density at radius 1 is 1.21 bits per heavy atom. The van der Waals surface area contributed by atoms with E-state index < -0.39 is 0 Å². The summed E-state index contributed by atoms with van der Waals surface area (Å²) < 4.78 is 3.53. The van der Waals surface area contributed by atoms with E-state index in [4.69, 9.17) is 11.6 Å². The quantitative estimate of drug-likeness (QED) is 0.484. The number of anilines is 2. The molecule has 168 valence electrons. The van der Waals surface area contributed by atoms with Crippen molar-refractivity contribution in [3.63, 3.8) is 0 Å². The summed E-state index contributed by atoms with van der Waals surface area (Å²) in [6, 6.07) is 7.61. The van der Waals surface area contributed by atoms with Crippen LogP contribution < -0.4 is 5.32 Å². The van der Waals surface area contributed by atoms with Crippen molar-refractivity contribution in [1.29, 1.82) is 0 Å². The summed E-state index contributed by atoms with van der Waals surface area (Å²) in [4.78, 5) is 33.0. The van der Waals surface area contributed by atoms with Crippen molar-refractivity contribution in [2.75, 3.05) is 5.32 Å². The van der Waals surface area contributed by atoms with Crippen LogP contribution in [0, 0.1) is 6.92 Å². The zero-order chi connectivity index (χ0) is 23.1. The topological polar surface area (TPSA) is 107 Å². The molecule has 1 N–H and O–H groups in total. The van der Waals surface area contributed by atoms with E-state index in [1.54, 1.807) is 15.8 Å². The standard InChI is InChI=1S/C22H22ClN9O/c1-13-5-4-6-15(26-13)11-32-14(2)10-31-12-17(27-20(31)21(32)33)19-16(23)9-24-22(29-19)28-18-7-8-25-30(18)3/h4-9,12,14H,10-11H2,1-3H3,(H,24,28,29)/t14-/m0/s1. The first kappa shape index (κ1) is 21.1. The highest BCUT2D eigenvalue weighted by molar-refractivity contribution is 6.32. The third-order valence-electron chi connectivity index (χ3n) is 5.55. The molecule has 1 aliphatic heterocycles. The van der Waals surface area contributed by atoms with Crippen molar-refractivity contribution < 1.29 is 4.79 Å². The number of carbonyl (C=O) groups is 1. The molecule has 0 saturated carbocycles. The Labute approximate surface area is 195 Å². The van der Waals surface area contributed by atoms with E-state index in [1.807, 2.05) is 55.9 Å². The highest BCUT2D eigenvalue weighted by atomic mass is 35.5. The van der Waals surface area contributed by atoms with Crippen LogP contribution in [-0.2, 0) is 20.1 Å². The summed E-state index contributed by atoms with van der Waals surface area (Å²) in [7, 11) is 1.81. The fourth-order valence-corrected chi connectivity index (χ4v) is 4.05. The van der Waals surface area contributed by atoms with Gasteiger partial charge in [0.05, 0.1) is 29.7 Å². The Bertz CT molecular complexity index is 1350. The van der Waals surface area contributed by atoms with Gasteiger partial charge in [0.2, 0.25) is 5.95 Å². The molecular weight excluding hydrogens is 442 g/mol. The highest BCUT2D eigenvalue weighted by Crippen LogP contribution is 2.29. The summed E-state index contributed by atoms with van der Waals surface area (Å²) >= 11 is 6.40. The lowest BCUT2D eigenvalue weighted by molar-refractivity contribution is 0.0584. The van der Waals surface area contributed by atoms with Crippen LogP contribution >= 0.6 is 11.6 Å². The lowest BCUT2D eigenvalue weighted by atomic mass is 10.2. The molecule has 0 aliphatic carbocycles. The van der Waals surface area contributed by atoms with Gasteiger partial charge in [-0.2, -0.15) is 5.10 Å². The molecule has 0 bridgehead atoms. The van der Waals surface area contributed by atoms with Gasteiger partial charge in [-0.25, -0.2) is 15.0 Å². The predicted octanol–water partition coefficient (Wildman–Crippen LogP) is 3.22. The number of amides is 1. The van der Waals surface area contributed by atoms with Crippen molar-refractivity contribution in [2.45, 2.75) is 33.0 Å². The first-order chi connectivity index (χ1) is 15.9. The van der Waals surface area contributed by atoms with Crippen LogP contribution in [0.5, 0.6) is 0 Å². The predicted molar refractivity (Wildman–Crippen MR) is 123 cm³/mol. The molecule has 4 aromatic heterocycles. The van der Waals surface area contributed by atoms with Crippen molar-refractivity contribution >= 4 is 29.3 Å². The van der Waals surface area contributed by atoms with Gasteiger partial charge in [-0.05, 0) is 26.0 Å². The van der Waals surface area contributed by atoms with E-state index in [0.29, 0.717) is 41.3 Å². The summed E-state index contributed by atoms with van der Waals surface area (Å²) in [5.41, 5.74) is 2.73. The van der Waals surface area contributed by atoms with Gasteiger partial charge >= 0.3 is 0 Å². The zero-order valence-corrected chi connectivity index (χ0v) is 19.2. The van der Waals surface area contributed by atoms with Crippen LogP contribution in [0.4, 0.5) is 11.8 Å². The average Bonchev–Trinajstić information content (AvgIpc) is 3.39. The van der Waals surface area contributed by atoms with E-state index in [0.717, 1.165) is 17.2 Å². The second kappa shape index (κ2) is 8.28. The molecule has 1 aliphatic rings. The summed E-state index contributed by atoms with van der Waals surface area (Å²) in [5.74, 6) is 1.29. The van der Waals surface area contributed by atoms with Crippen molar-refractivity contribution in [2.24, 2.45) is 7.05 Å². The molecule has 0 aromatic carbocycles. The number of hydrogen-bond donors (Lipinski definition) is 1. The highest BCUT2D eigenvalue weighted by Gasteiger charge is 2.32. The molecule has 0 fully saturated rings. The summed E-state index contributed by atoms with van der Waals surface area (Å²) in [6.07, 6.45) is 5.00. The fourth-order valence-electron chi connectivity index (χ4n) is 3.86. The van der Waals surface area contributed by atoms with Crippen LogP contribution in [0.1, 0.15) is 28.9 Å². The Hall–Kier alpha value is -3.79. The smallest absolute Gasteiger partial charge is 0.290 e. The number of rotatable bonds is 5. The zero-order valence-electron chi connectivity index (χ0n) is 18.4. The maximum Gasteiger partial charge on any atom is 0.290 e. The molecule has 4 aromatic rings. The van der Waals surface area contributed by atoms with Gasteiger partial charge in [-0.1, -0.05) is 17.7 Å². The Morgan fingerprint density at radius 2 is 2.06 bits per heavy atom. The van der Waals surface area contributed by atoms with Gasteiger partial charge in [0.15, 0.2) is 5.82 Å². The normalized spacial score (nSPS) is 15.6. The number of pyridine rings is 1. The number of hydrogen-bond acceptors (Lipinski definition) is 7. The lowest BCUT2D eigenvalue weighted by Crippen LogP contribution is -2.46. The number of carbonyl (C=O) groups excluding carboxylic acids is 1. The van der Waals surface area contributed by atoms with E-state index in [9.17, 15) is 4.79 Å². The number of aryl methyl sites for hydroxylation is 2. The number of nitrogens with zero attached hydrogens (tertiary/aromatic N) is 8. The Morgan fingerprint density at radius 3 is 2.82 bits per heavy atom. The van der Waals surface area contributed by atoms with Crippen LogP contribution in [0.2, 0.25) is 5.02 Å². The molecule has 33 heavy (non-hydrogen) atoms. The number of nitrogens with one attached hydrogen (secondary N) is 1. The third kappa shape index (κ3) is 4.05. The second-order valence-corrected chi connectivity index (χ2v) is 8.42. The molecule has 1 amide bonds. The van der Waals surface area contributed by atoms with Crippen LogP contribution in [0.15, 0.2) is 42.9 Å². The van der Waals surface area contributed by atoms with Crippen LogP contribution in [0.3, 0.4) is 0 Å². The van der Waals surface area contributed by atoms with E-state index >= 15 is 0 Å². The van der Waals surface area contributed by atoms with Gasteiger partial charge in [-0.3, -0.25) is 14.5 Å². The first-order valence-electron chi connectivity index (χ1n) is 10.5. The van der Waals surface area contributed by atoms with Crippen LogP contribution in [0.25, 0.3) is 11.4 Å². The molecule has 0 saturated heterocycles. The summed E-state index contributed by atoms with van der Waals surface area (Å²) in [6.45, 7) is 5.00. The molecular formula is C22H22ClN9O. The van der Waals surface area contributed by atoms with Gasteiger partial charge in [-0.15, -0.1) is 0 Å². The fraction of sp³-hybridized carbons (Fsp3) is 0.273. The minimum atomic E-state index is -0.151. The van der Waals surface area contributed by atoms with E-state index in [-0.39, 0.29) is 11.9 Å². The largest absolute Gasteiger partial charge is 0.326 e. The number of halogens is 1. The number of aromatic nitrogens is 7. The molecule has 11 heteroatoms. The maximum absolute atomic E-state index is 13.3. The molecule has 10 nitrogen and oxygen atoms in total. The lowest BCUT2D eigenvalue weighted by Gasteiger charge is -2.33. The van der Waals surface area contributed by atoms with Gasteiger partial charge in [0.25, 0.3) is 5.91 Å². The molecule has 5 rings (SSSR count). The molecule has 1 atom stereocenters. The van der Waals surface area contributed by atoms with Gasteiger partial charge < -0.3 is 14.8 Å². The van der Waals surface area contributed by atoms with Gasteiger partial charge in [0.1, 0.15) is 17.2 Å². The Kier molecular flexibility index (Phi) is 5.29. The summed E-state index contributed by atoms with van der Waals surface area (Å²) in [5, 5.41) is 7.58. The average molecular weight is 464 g/mol. The monoisotopic (exact) mass is 463 g/mol. The number of imidazole rings is 1.